The van der Waals surface area contributed by atoms with Gasteiger partial charge in [0.25, 0.3) is 0 Å². The standard InChI is InChI=1S/C14H11BrFNO2/c1-9-7-12(16)11(15)8-13(9)17-14(18)19-10-5-3-2-4-6-10/h2-8H,1H3,(H,17,18). The second kappa shape index (κ2) is 5.84. The van der Waals surface area contributed by atoms with Gasteiger partial charge in [-0.05, 0) is 52.7 Å². The van der Waals surface area contributed by atoms with E-state index < -0.39 is 6.09 Å². The number of rotatable bonds is 2. The van der Waals surface area contributed by atoms with Crippen molar-refractivity contribution in [2.45, 2.75) is 6.92 Å². The lowest BCUT2D eigenvalue weighted by Crippen LogP contribution is -2.17. The molecule has 0 fully saturated rings. The minimum absolute atomic E-state index is 0.285. The predicted octanol–water partition coefficient (Wildman–Crippen LogP) is 4.51. The van der Waals surface area contributed by atoms with Gasteiger partial charge in [-0.15, -0.1) is 0 Å². The van der Waals surface area contributed by atoms with Crippen molar-refractivity contribution in [3.05, 3.63) is 58.3 Å². The van der Waals surface area contributed by atoms with Crippen molar-refractivity contribution in [3.8, 4) is 5.75 Å². The Morgan fingerprint density at radius 3 is 2.63 bits per heavy atom. The molecule has 0 saturated heterocycles. The zero-order valence-electron chi connectivity index (χ0n) is 10.1. The molecule has 19 heavy (non-hydrogen) atoms. The molecule has 0 bridgehead atoms. The first-order chi connectivity index (χ1) is 9.06. The SMILES string of the molecule is Cc1cc(F)c(Br)cc1NC(=O)Oc1ccccc1. The maximum atomic E-state index is 13.3. The van der Waals surface area contributed by atoms with E-state index in [2.05, 4.69) is 21.2 Å². The molecule has 0 aliphatic heterocycles. The number of amides is 1. The molecular weight excluding hydrogens is 313 g/mol. The fourth-order valence-electron chi connectivity index (χ4n) is 1.51. The summed E-state index contributed by atoms with van der Waals surface area (Å²) >= 11 is 3.07. The summed E-state index contributed by atoms with van der Waals surface area (Å²) in [7, 11) is 0. The highest BCUT2D eigenvalue weighted by Crippen LogP contribution is 2.24. The molecule has 1 N–H and O–H groups in total. The molecule has 3 nitrogen and oxygen atoms in total. The Labute approximate surface area is 118 Å². The topological polar surface area (TPSA) is 38.3 Å². The van der Waals surface area contributed by atoms with E-state index in [0.717, 1.165) is 0 Å². The molecule has 1 amide bonds. The van der Waals surface area contributed by atoms with Crippen LogP contribution in [-0.2, 0) is 0 Å². The lowest BCUT2D eigenvalue weighted by Gasteiger charge is -2.10. The summed E-state index contributed by atoms with van der Waals surface area (Å²) < 4.78 is 18.6. The monoisotopic (exact) mass is 323 g/mol. The van der Waals surface area contributed by atoms with Gasteiger partial charge in [-0.1, -0.05) is 18.2 Å². The Hall–Kier alpha value is -1.88. The number of benzene rings is 2. The van der Waals surface area contributed by atoms with Crippen LogP contribution in [0.25, 0.3) is 0 Å². The van der Waals surface area contributed by atoms with Crippen molar-refractivity contribution in [3.63, 3.8) is 0 Å². The van der Waals surface area contributed by atoms with Crippen LogP contribution in [0.4, 0.5) is 14.9 Å². The first kappa shape index (κ1) is 13.5. The van der Waals surface area contributed by atoms with Crippen LogP contribution in [0, 0.1) is 12.7 Å². The maximum Gasteiger partial charge on any atom is 0.417 e. The Morgan fingerprint density at radius 2 is 1.95 bits per heavy atom. The first-order valence-electron chi connectivity index (χ1n) is 5.56. The molecule has 0 spiro atoms. The van der Waals surface area contributed by atoms with Crippen LogP contribution in [0.3, 0.4) is 0 Å². The van der Waals surface area contributed by atoms with Crippen LogP contribution in [-0.4, -0.2) is 6.09 Å². The van der Waals surface area contributed by atoms with Crippen molar-refractivity contribution in [2.24, 2.45) is 0 Å². The minimum atomic E-state index is -0.618. The third kappa shape index (κ3) is 3.54. The number of hydrogen-bond donors (Lipinski definition) is 1. The summed E-state index contributed by atoms with van der Waals surface area (Å²) in [6.07, 6.45) is -0.618. The van der Waals surface area contributed by atoms with Gasteiger partial charge in [0.2, 0.25) is 0 Å². The maximum absolute atomic E-state index is 13.3. The molecule has 0 aliphatic rings. The van der Waals surface area contributed by atoms with Crippen LogP contribution >= 0.6 is 15.9 Å². The molecule has 0 atom stereocenters. The smallest absolute Gasteiger partial charge is 0.410 e. The van der Waals surface area contributed by atoms with Gasteiger partial charge < -0.3 is 4.74 Å². The van der Waals surface area contributed by atoms with E-state index in [1.54, 1.807) is 31.2 Å². The fraction of sp³-hybridized carbons (Fsp3) is 0.0714. The van der Waals surface area contributed by atoms with Crippen molar-refractivity contribution in [2.75, 3.05) is 5.32 Å². The zero-order chi connectivity index (χ0) is 13.8. The minimum Gasteiger partial charge on any atom is -0.410 e. The predicted molar refractivity (Wildman–Crippen MR) is 74.9 cm³/mol. The Balaban J connectivity index is 2.09. The molecule has 0 aliphatic carbocycles. The normalized spacial score (nSPS) is 10.1. The van der Waals surface area contributed by atoms with Gasteiger partial charge in [0.15, 0.2) is 0 Å². The molecule has 0 saturated carbocycles. The van der Waals surface area contributed by atoms with Crippen LogP contribution in [0.5, 0.6) is 5.75 Å². The number of hydrogen-bond acceptors (Lipinski definition) is 2. The largest absolute Gasteiger partial charge is 0.417 e. The van der Waals surface area contributed by atoms with Crippen LogP contribution < -0.4 is 10.1 Å². The average molecular weight is 324 g/mol. The zero-order valence-corrected chi connectivity index (χ0v) is 11.7. The highest BCUT2D eigenvalue weighted by atomic mass is 79.9. The van der Waals surface area contributed by atoms with Gasteiger partial charge in [-0.3, -0.25) is 5.32 Å². The van der Waals surface area contributed by atoms with Crippen LogP contribution in [0.2, 0.25) is 0 Å². The van der Waals surface area contributed by atoms with E-state index in [1.165, 1.54) is 12.1 Å². The van der Waals surface area contributed by atoms with Crippen LogP contribution in [0.15, 0.2) is 46.9 Å². The number of aryl methyl sites for hydroxylation is 1. The van der Waals surface area contributed by atoms with Gasteiger partial charge >= 0.3 is 6.09 Å². The molecule has 2 aromatic carbocycles. The van der Waals surface area contributed by atoms with Gasteiger partial charge in [0.05, 0.1) is 4.47 Å². The Morgan fingerprint density at radius 1 is 1.26 bits per heavy atom. The van der Waals surface area contributed by atoms with Crippen molar-refractivity contribution < 1.29 is 13.9 Å². The Kier molecular flexibility index (Phi) is 4.16. The Bertz CT molecular complexity index is 602. The number of para-hydroxylation sites is 1. The molecular formula is C14H11BrFNO2. The van der Waals surface area contributed by atoms with E-state index in [-0.39, 0.29) is 10.3 Å². The highest BCUT2D eigenvalue weighted by Gasteiger charge is 2.09. The fourth-order valence-corrected chi connectivity index (χ4v) is 1.86. The second-order valence-corrected chi connectivity index (χ2v) is 4.76. The number of carbonyl (C=O) groups is 1. The van der Waals surface area contributed by atoms with E-state index in [9.17, 15) is 9.18 Å². The quantitative estimate of drug-likeness (QED) is 0.883. The lowest BCUT2D eigenvalue weighted by atomic mass is 10.2. The average Bonchev–Trinajstić information content (AvgIpc) is 2.37. The third-order valence-electron chi connectivity index (χ3n) is 2.46. The van der Waals surface area contributed by atoms with E-state index in [4.69, 9.17) is 4.74 Å². The van der Waals surface area contributed by atoms with Crippen molar-refractivity contribution in [1.82, 2.24) is 0 Å². The van der Waals surface area contributed by atoms with E-state index in [1.807, 2.05) is 6.07 Å². The van der Waals surface area contributed by atoms with E-state index >= 15 is 0 Å². The van der Waals surface area contributed by atoms with Crippen molar-refractivity contribution >= 4 is 27.7 Å². The third-order valence-corrected chi connectivity index (χ3v) is 3.07. The molecule has 0 heterocycles. The van der Waals surface area contributed by atoms with Crippen LogP contribution in [0.1, 0.15) is 5.56 Å². The number of carbonyl (C=O) groups excluding carboxylic acids is 1. The molecule has 98 valence electrons. The second-order valence-electron chi connectivity index (χ2n) is 3.91. The summed E-state index contributed by atoms with van der Waals surface area (Å²) in [5.74, 6) is 0.0679. The molecule has 2 rings (SSSR count). The molecule has 0 aromatic heterocycles. The van der Waals surface area contributed by atoms with E-state index in [0.29, 0.717) is 17.0 Å². The molecule has 5 heteroatoms. The van der Waals surface area contributed by atoms with Gasteiger partial charge in [-0.25, -0.2) is 9.18 Å². The van der Waals surface area contributed by atoms with Crippen molar-refractivity contribution in [1.29, 1.82) is 0 Å². The summed E-state index contributed by atoms with van der Waals surface area (Å²) in [5.41, 5.74) is 1.11. The highest BCUT2D eigenvalue weighted by molar-refractivity contribution is 9.10. The summed E-state index contributed by atoms with van der Waals surface area (Å²) in [6, 6.07) is 11.5. The van der Waals surface area contributed by atoms with Gasteiger partial charge in [0.1, 0.15) is 11.6 Å². The lowest BCUT2D eigenvalue weighted by molar-refractivity contribution is 0.215. The first-order valence-corrected chi connectivity index (χ1v) is 6.35. The summed E-state index contributed by atoms with van der Waals surface area (Å²) in [6.45, 7) is 1.70. The number of ether oxygens (including phenoxy) is 1. The molecule has 0 unspecified atom stereocenters. The number of anilines is 1. The molecule has 2 aromatic rings. The molecule has 0 radical (unpaired) electrons. The number of nitrogens with one attached hydrogen (secondary N) is 1. The van der Waals surface area contributed by atoms with Gasteiger partial charge in [-0.2, -0.15) is 0 Å². The van der Waals surface area contributed by atoms with Gasteiger partial charge in [0, 0.05) is 5.69 Å². The summed E-state index contributed by atoms with van der Waals surface area (Å²) in [5, 5.41) is 2.57. The number of halogens is 2. The summed E-state index contributed by atoms with van der Waals surface area (Å²) in [4.78, 5) is 11.7.